The molecule has 5 nitrogen and oxygen atoms in total. The first-order valence-corrected chi connectivity index (χ1v) is 10.7. The number of hydrogen-bond donors (Lipinski definition) is 1. The zero-order chi connectivity index (χ0) is 22.2. The molecule has 0 aliphatic carbocycles. The van der Waals surface area contributed by atoms with Crippen molar-refractivity contribution in [1.29, 1.82) is 0 Å². The smallest absolute Gasteiger partial charge is 0.214 e. The summed E-state index contributed by atoms with van der Waals surface area (Å²) in [5.41, 5.74) is 4.84. The molecule has 1 N–H and O–H groups in total. The van der Waals surface area contributed by atoms with E-state index in [1.807, 2.05) is 72.8 Å². The molecule has 4 rings (SSSR count). The van der Waals surface area contributed by atoms with E-state index in [4.69, 9.17) is 4.98 Å². The standard InChI is InChI=1S/C27H26N4O/c1-21(23-10-4-2-5-11-23)17-29-27-26(31(20-32)19-22-9-8-16-28-18-22)15-14-25(30-27)24-12-6-3-7-13-24/h2-16,18,20-21H,17,19H2,1H3,(H,29,30)/t21-/m0/s1. The first-order valence-electron chi connectivity index (χ1n) is 10.7. The Hall–Kier alpha value is -3.99. The Balaban J connectivity index is 1.64. The molecule has 0 aliphatic heterocycles. The molecule has 0 aliphatic rings. The Bertz CT molecular complexity index is 1130. The van der Waals surface area contributed by atoms with Crippen molar-refractivity contribution in [3.63, 3.8) is 0 Å². The minimum absolute atomic E-state index is 0.286. The highest BCUT2D eigenvalue weighted by Crippen LogP contribution is 2.29. The normalized spacial score (nSPS) is 11.5. The summed E-state index contributed by atoms with van der Waals surface area (Å²) in [5, 5.41) is 3.49. The number of benzene rings is 2. The van der Waals surface area contributed by atoms with Crippen molar-refractivity contribution in [2.24, 2.45) is 0 Å². The molecule has 0 bridgehead atoms. The fourth-order valence-electron chi connectivity index (χ4n) is 3.60. The number of anilines is 2. The second-order valence-corrected chi connectivity index (χ2v) is 7.72. The SMILES string of the molecule is C[C@@H](CNc1nc(-c2ccccc2)ccc1N(C=O)Cc1cccnc1)c1ccccc1. The number of carbonyl (C=O) groups excluding carboxylic acids is 1. The van der Waals surface area contributed by atoms with Crippen LogP contribution in [0.15, 0.2) is 97.3 Å². The third-order valence-electron chi connectivity index (χ3n) is 5.40. The Morgan fingerprint density at radius 1 is 0.938 bits per heavy atom. The van der Waals surface area contributed by atoms with Crippen LogP contribution < -0.4 is 10.2 Å². The number of amides is 1. The summed E-state index contributed by atoms with van der Waals surface area (Å²) in [5.74, 6) is 0.972. The molecule has 0 fully saturated rings. The van der Waals surface area contributed by atoms with Gasteiger partial charge < -0.3 is 10.2 Å². The number of hydrogen-bond acceptors (Lipinski definition) is 4. The van der Waals surface area contributed by atoms with Gasteiger partial charge in [0.2, 0.25) is 6.41 Å². The predicted molar refractivity (Wildman–Crippen MR) is 130 cm³/mol. The zero-order valence-corrected chi connectivity index (χ0v) is 18.1. The van der Waals surface area contributed by atoms with Crippen molar-refractivity contribution in [2.45, 2.75) is 19.4 Å². The summed E-state index contributed by atoms with van der Waals surface area (Å²) in [7, 11) is 0. The molecule has 5 heteroatoms. The van der Waals surface area contributed by atoms with Gasteiger partial charge in [-0.15, -0.1) is 0 Å². The topological polar surface area (TPSA) is 58.1 Å². The van der Waals surface area contributed by atoms with Crippen molar-refractivity contribution in [3.8, 4) is 11.3 Å². The van der Waals surface area contributed by atoms with Gasteiger partial charge in [-0.25, -0.2) is 4.98 Å². The maximum absolute atomic E-state index is 12.0. The van der Waals surface area contributed by atoms with Crippen molar-refractivity contribution >= 4 is 17.9 Å². The molecule has 2 heterocycles. The van der Waals surface area contributed by atoms with Gasteiger partial charge in [0.1, 0.15) is 0 Å². The number of carbonyl (C=O) groups is 1. The number of nitrogens with zero attached hydrogens (tertiary/aromatic N) is 3. The average Bonchev–Trinajstić information content (AvgIpc) is 2.87. The van der Waals surface area contributed by atoms with Crippen molar-refractivity contribution in [3.05, 3.63) is 108 Å². The van der Waals surface area contributed by atoms with Gasteiger partial charge in [0, 0.05) is 24.5 Å². The van der Waals surface area contributed by atoms with Crippen LogP contribution in [0.1, 0.15) is 24.0 Å². The predicted octanol–water partition coefficient (Wildman–Crippen LogP) is 5.52. The average molecular weight is 423 g/mol. The lowest BCUT2D eigenvalue weighted by Gasteiger charge is -2.22. The number of nitrogens with one attached hydrogen (secondary N) is 1. The summed E-state index contributed by atoms with van der Waals surface area (Å²) in [6, 6.07) is 28.2. The lowest BCUT2D eigenvalue weighted by Crippen LogP contribution is -2.23. The summed E-state index contributed by atoms with van der Waals surface area (Å²) < 4.78 is 0. The highest BCUT2D eigenvalue weighted by Gasteiger charge is 2.16. The lowest BCUT2D eigenvalue weighted by molar-refractivity contribution is -0.107. The maximum atomic E-state index is 12.0. The van der Waals surface area contributed by atoms with Crippen molar-refractivity contribution < 1.29 is 4.79 Å². The first-order chi connectivity index (χ1) is 15.7. The van der Waals surface area contributed by atoms with E-state index in [0.717, 1.165) is 28.9 Å². The number of rotatable bonds is 9. The monoisotopic (exact) mass is 422 g/mol. The van der Waals surface area contributed by atoms with E-state index in [1.165, 1.54) is 5.56 Å². The molecular formula is C27H26N4O. The van der Waals surface area contributed by atoms with E-state index in [-0.39, 0.29) is 5.92 Å². The van der Waals surface area contributed by atoms with E-state index >= 15 is 0 Å². The van der Waals surface area contributed by atoms with E-state index in [1.54, 1.807) is 17.3 Å². The van der Waals surface area contributed by atoms with Gasteiger partial charge in [0.25, 0.3) is 0 Å². The molecule has 2 aromatic heterocycles. The molecule has 0 unspecified atom stereocenters. The van der Waals surface area contributed by atoms with Gasteiger partial charge in [-0.1, -0.05) is 73.7 Å². The molecule has 32 heavy (non-hydrogen) atoms. The summed E-state index contributed by atoms with van der Waals surface area (Å²) in [6.45, 7) is 3.30. The van der Waals surface area contributed by atoms with Gasteiger partial charge in [0.15, 0.2) is 5.82 Å². The maximum Gasteiger partial charge on any atom is 0.214 e. The van der Waals surface area contributed by atoms with E-state index < -0.39 is 0 Å². The van der Waals surface area contributed by atoms with E-state index in [9.17, 15) is 4.79 Å². The van der Waals surface area contributed by atoms with Gasteiger partial charge in [-0.3, -0.25) is 9.78 Å². The van der Waals surface area contributed by atoms with Crippen LogP contribution in [-0.4, -0.2) is 22.9 Å². The third-order valence-corrected chi connectivity index (χ3v) is 5.40. The summed E-state index contributed by atoms with van der Waals surface area (Å²) in [6.07, 6.45) is 4.34. The first kappa shape index (κ1) is 21.2. The van der Waals surface area contributed by atoms with Crippen LogP contribution in [0.5, 0.6) is 0 Å². The molecule has 4 aromatic rings. The summed E-state index contributed by atoms with van der Waals surface area (Å²) in [4.78, 5) is 22.7. The van der Waals surface area contributed by atoms with Crippen LogP contribution in [0, 0.1) is 0 Å². The molecular weight excluding hydrogens is 396 g/mol. The second kappa shape index (κ2) is 10.4. The van der Waals surface area contributed by atoms with Crippen LogP contribution >= 0.6 is 0 Å². The fraction of sp³-hybridized carbons (Fsp3) is 0.148. The van der Waals surface area contributed by atoms with Gasteiger partial charge >= 0.3 is 0 Å². The van der Waals surface area contributed by atoms with Crippen molar-refractivity contribution in [1.82, 2.24) is 9.97 Å². The Morgan fingerprint density at radius 3 is 2.38 bits per heavy atom. The minimum atomic E-state index is 0.286. The van der Waals surface area contributed by atoms with Gasteiger partial charge in [0.05, 0.1) is 17.9 Å². The molecule has 1 amide bonds. The molecule has 2 aromatic carbocycles. The van der Waals surface area contributed by atoms with Crippen LogP contribution in [0.2, 0.25) is 0 Å². The highest BCUT2D eigenvalue weighted by molar-refractivity contribution is 5.83. The Labute approximate surface area is 188 Å². The van der Waals surface area contributed by atoms with Crippen LogP contribution in [0.25, 0.3) is 11.3 Å². The molecule has 160 valence electrons. The number of pyridine rings is 2. The molecule has 0 saturated heterocycles. The zero-order valence-electron chi connectivity index (χ0n) is 18.1. The minimum Gasteiger partial charge on any atom is -0.368 e. The van der Waals surface area contributed by atoms with Crippen molar-refractivity contribution in [2.75, 3.05) is 16.8 Å². The summed E-state index contributed by atoms with van der Waals surface area (Å²) >= 11 is 0. The van der Waals surface area contributed by atoms with E-state index in [0.29, 0.717) is 18.9 Å². The molecule has 0 spiro atoms. The largest absolute Gasteiger partial charge is 0.368 e. The fourth-order valence-corrected chi connectivity index (χ4v) is 3.60. The molecule has 0 saturated carbocycles. The van der Waals surface area contributed by atoms with Gasteiger partial charge in [-0.05, 0) is 35.2 Å². The van der Waals surface area contributed by atoms with Crippen LogP contribution in [0.4, 0.5) is 11.5 Å². The van der Waals surface area contributed by atoms with Gasteiger partial charge in [-0.2, -0.15) is 0 Å². The Morgan fingerprint density at radius 2 is 1.69 bits per heavy atom. The quantitative estimate of drug-likeness (QED) is 0.361. The molecule has 1 atom stereocenters. The lowest BCUT2D eigenvalue weighted by atomic mass is 10.0. The van der Waals surface area contributed by atoms with Crippen LogP contribution in [-0.2, 0) is 11.3 Å². The second-order valence-electron chi connectivity index (χ2n) is 7.72. The molecule has 0 radical (unpaired) electrons. The van der Waals surface area contributed by atoms with Crippen LogP contribution in [0.3, 0.4) is 0 Å². The van der Waals surface area contributed by atoms with E-state index in [2.05, 4.69) is 29.4 Å². The Kier molecular flexibility index (Phi) is 6.88. The third kappa shape index (κ3) is 5.19. The number of aromatic nitrogens is 2. The highest BCUT2D eigenvalue weighted by atomic mass is 16.1.